The van der Waals surface area contributed by atoms with Crippen LogP contribution in [0, 0.1) is 5.95 Å². The number of rotatable bonds is 5. The molecule has 0 aliphatic carbocycles. The van der Waals surface area contributed by atoms with E-state index in [1.807, 2.05) is 0 Å². The molecule has 7 nitrogen and oxygen atoms in total. The maximum atomic E-state index is 13.0. The van der Waals surface area contributed by atoms with E-state index in [1.165, 1.54) is 24.7 Å². The number of halogens is 1. The van der Waals surface area contributed by atoms with E-state index in [1.54, 1.807) is 31.4 Å². The molecular formula is C18H16FN5O2. The molecule has 0 unspecified atom stereocenters. The molecule has 0 atom stereocenters. The summed E-state index contributed by atoms with van der Waals surface area (Å²) in [4.78, 5) is 24.2. The number of methoxy groups -OCH3 is 1. The molecule has 0 aliphatic heterocycles. The number of nitrogens with two attached hydrogens (primary N) is 1. The topological polar surface area (TPSA) is 103 Å². The highest BCUT2D eigenvalue weighted by atomic mass is 19.1. The largest absolute Gasteiger partial charge is 0.397 e. The summed E-state index contributed by atoms with van der Waals surface area (Å²) in [5.74, 6) is -1.00. The lowest BCUT2D eigenvalue weighted by Crippen LogP contribution is -2.15. The Balaban J connectivity index is 1.81. The van der Waals surface area contributed by atoms with E-state index in [-0.39, 0.29) is 5.69 Å². The molecule has 0 bridgehead atoms. The summed E-state index contributed by atoms with van der Waals surface area (Å²) in [6, 6.07) is 7.97. The van der Waals surface area contributed by atoms with Gasteiger partial charge in [-0.2, -0.15) is 4.39 Å². The molecule has 0 spiro atoms. The van der Waals surface area contributed by atoms with Crippen molar-refractivity contribution in [1.29, 1.82) is 0 Å². The molecule has 132 valence electrons. The van der Waals surface area contributed by atoms with E-state index in [0.717, 1.165) is 5.56 Å². The van der Waals surface area contributed by atoms with Gasteiger partial charge in [-0.05, 0) is 29.8 Å². The summed E-state index contributed by atoms with van der Waals surface area (Å²) in [7, 11) is 1.55. The van der Waals surface area contributed by atoms with Gasteiger partial charge in [0, 0.05) is 18.9 Å². The van der Waals surface area contributed by atoms with Crippen LogP contribution in [0.1, 0.15) is 16.2 Å². The highest BCUT2D eigenvalue weighted by Crippen LogP contribution is 2.27. The van der Waals surface area contributed by atoms with Crippen LogP contribution in [0.3, 0.4) is 0 Å². The molecule has 0 aliphatic rings. The lowest BCUT2D eigenvalue weighted by atomic mass is 10.1. The third-order valence-electron chi connectivity index (χ3n) is 3.59. The number of carbonyl (C=O) groups is 1. The summed E-state index contributed by atoms with van der Waals surface area (Å²) in [6.07, 6.45) is 4.25. The fourth-order valence-corrected chi connectivity index (χ4v) is 2.27. The van der Waals surface area contributed by atoms with Gasteiger partial charge in [-0.15, -0.1) is 0 Å². The molecule has 1 aromatic carbocycles. The van der Waals surface area contributed by atoms with Gasteiger partial charge in [-0.25, -0.2) is 9.97 Å². The Hall–Kier alpha value is -3.39. The average molecular weight is 353 g/mol. The maximum absolute atomic E-state index is 13.0. The van der Waals surface area contributed by atoms with Gasteiger partial charge in [-0.3, -0.25) is 9.78 Å². The molecule has 3 rings (SSSR count). The van der Waals surface area contributed by atoms with E-state index in [9.17, 15) is 9.18 Å². The first-order chi connectivity index (χ1) is 12.6. The second kappa shape index (κ2) is 7.66. The molecule has 1 amide bonds. The van der Waals surface area contributed by atoms with E-state index < -0.39 is 11.9 Å². The van der Waals surface area contributed by atoms with E-state index >= 15 is 0 Å². The summed E-state index contributed by atoms with van der Waals surface area (Å²) in [6.45, 7) is 0.315. The Morgan fingerprint density at radius 3 is 2.58 bits per heavy atom. The fraction of sp³-hybridized carbons (Fsp3) is 0.111. The van der Waals surface area contributed by atoms with Crippen molar-refractivity contribution in [2.75, 3.05) is 18.2 Å². The zero-order valence-electron chi connectivity index (χ0n) is 13.9. The van der Waals surface area contributed by atoms with Crippen molar-refractivity contribution >= 4 is 17.3 Å². The molecule has 0 fully saturated rings. The number of hydrogen-bond acceptors (Lipinski definition) is 6. The van der Waals surface area contributed by atoms with Crippen molar-refractivity contribution in [2.24, 2.45) is 0 Å². The number of aromatic nitrogens is 3. The second-order valence-corrected chi connectivity index (χ2v) is 5.45. The number of hydrogen-bond donors (Lipinski definition) is 2. The van der Waals surface area contributed by atoms with Gasteiger partial charge in [0.1, 0.15) is 5.69 Å². The van der Waals surface area contributed by atoms with E-state index in [0.29, 0.717) is 29.2 Å². The minimum absolute atomic E-state index is 0.151. The number of benzene rings is 1. The van der Waals surface area contributed by atoms with Crippen molar-refractivity contribution in [3.8, 4) is 11.1 Å². The molecule has 0 saturated carbocycles. The van der Waals surface area contributed by atoms with Crippen molar-refractivity contribution < 1.29 is 13.9 Å². The van der Waals surface area contributed by atoms with Gasteiger partial charge < -0.3 is 15.8 Å². The molecule has 3 N–H and O–H groups in total. The zero-order chi connectivity index (χ0) is 18.5. The monoisotopic (exact) mass is 353 g/mol. The van der Waals surface area contributed by atoms with E-state index in [2.05, 4.69) is 20.3 Å². The lowest BCUT2D eigenvalue weighted by Gasteiger charge is -2.10. The number of carbonyl (C=O) groups excluding carboxylic acids is 1. The molecular weight excluding hydrogens is 337 g/mol. The first-order valence-electron chi connectivity index (χ1n) is 7.69. The number of nitrogen functional groups attached to an aromatic ring is 1. The minimum Gasteiger partial charge on any atom is -0.397 e. The van der Waals surface area contributed by atoms with Crippen LogP contribution < -0.4 is 11.1 Å². The van der Waals surface area contributed by atoms with Gasteiger partial charge in [-0.1, -0.05) is 6.07 Å². The summed E-state index contributed by atoms with van der Waals surface area (Å²) in [5, 5.41) is 2.71. The molecule has 8 heteroatoms. The molecule has 0 radical (unpaired) electrons. The van der Waals surface area contributed by atoms with Gasteiger partial charge in [0.15, 0.2) is 0 Å². The molecule has 2 heterocycles. The third-order valence-corrected chi connectivity index (χ3v) is 3.59. The second-order valence-electron chi connectivity index (χ2n) is 5.45. The van der Waals surface area contributed by atoms with Crippen LogP contribution in [-0.2, 0) is 11.3 Å². The van der Waals surface area contributed by atoms with Crippen molar-refractivity contribution in [1.82, 2.24) is 15.0 Å². The Morgan fingerprint density at radius 2 is 1.92 bits per heavy atom. The minimum atomic E-state index is -0.562. The summed E-state index contributed by atoms with van der Waals surface area (Å²) < 4.78 is 17.9. The average Bonchev–Trinajstić information content (AvgIpc) is 2.65. The Morgan fingerprint density at radius 1 is 1.12 bits per heavy atom. The molecule has 2 aromatic heterocycles. The van der Waals surface area contributed by atoms with Crippen LogP contribution >= 0.6 is 0 Å². The Bertz CT molecular complexity index is 914. The van der Waals surface area contributed by atoms with Gasteiger partial charge >= 0.3 is 0 Å². The first-order valence-corrected chi connectivity index (χ1v) is 7.69. The highest BCUT2D eigenvalue weighted by molar-refractivity contribution is 6.04. The van der Waals surface area contributed by atoms with Gasteiger partial charge in [0.05, 0.1) is 36.1 Å². The molecule has 26 heavy (non-hydrogen) atoms. The fourth-order valence-electron chi connectivity index (χ4n) is 2.27. The van der Waals surface area contributed by atoms with E-state index in [4.69, 9.17) is 10.5 Å². The Labute approximate surface area is 149 Å². The van der Waals surface area contributed by atoms with Gasteiger partial charge in [0.25, 0.3) is 5.91 Å². The van der Waals surface area contributed by atoms with Crippen LogP contribution in [0.25, 0.3) is 11.1 Å². The maximum Gasteiger partial charge on any atom is 0.275 e. The number of anilines is 2. The standard InChI is InChI=1S/C18H16FN5O2/c1-26-10-13-8-22-16(9-21-13)18(25)24-15-6-11(2-4-14(15)20)12-3-5-17(19)23-7-12/h2-9H,10,20H2,1H3,(H,24,25). The van der Waals surface area contributed by atoms with Crippen LogP contribution in [0.4, 0.5) is 15.8 Å². The molecule has 0 saturated heterocycles. The van der Waals surface area contributed by atoms with Crippen LogP contribution in [-0.4, -0.2) is 28.0 Å². The lowest BCUT2D eigenvalue weighted by molar-refractivity contribution is 0.102. The van der Waals surface area contributed by atoms with Crippen molar-refractivity contribution in [2.45, 2.75) is 6.61 Å². The van der Waals surface area contributed by atoms with Crippen LogP contribution in [0.2, 0.25) is 0 Å². The van der Waals surface area contributed by atoms with Gasteiger partial charge in [0.2, 0.25) is 5.95 Å². The van der Waals surface area contributed by atoms with Crippen molar-refractivity contribution in [3.05, 3.63) is 66.3 Å². The predicted molar refractivity (Wildman–Crippen MR) is 94.7 cm³/mol. The number of nitrogens with one attached hydrogen (secondary N) is 1. The van der Waals surface area contributed by atoms with Crippen molar-refractivity contribution in [3.63, 3.8) is 0 Å². The normalized spacial score (nSPS) is 10.5. The number of amides is 1. The predicted octanol–water partition coefficient (Wildman–Crippen LogP) is 2.66. The quantitative estimate of drug-likeness (QED) is 0.540. The first kappa shape index (κ1) is 17.4. The zero-order valence-corrected chi connectivity index (χ0v) is 13.9. The smallest absolute Gasteiger partial charge is 0.275 e. The summed E-state index contributed by atoms with van der Waals surface area (Å²) >= 11 is 0. The van der Waals surface area contributed by atoms with Crippen LogP contribution in [0.5, 0.6) is 0 Å². The van der Waals surface area contributed by atoms with Crippen LogP contribution in [0.15, 0.2) is 48.9 Å². The Kier molecular flexibility index (Phi) is 5.14. The number of nitrogens with zero attached hydrogens (tertiary/aromatic N) is 3. The highest BCUT2D eigenvalue weighted by Gasteiger charge is 2.12. The SMILES string of the molecule is COCc1cnc(C(=O)Nc2cc(-c3ccc(F)nc3)ccc2N)cn1. The number of ether oxygens (including phenoxy) is 1. The molecule has 3 aromatic rings. The summed E-state index contributed by atoms with van der Waals surface area (Å²) in [5.41, 5.74) is 8.95. The number of pyridine rings is 1. The third kappa shape index (κ3) is 3.98.